The van der Waals surface area contributed by atoms with Crippen molar-refractivity contribution in [1.82, 2.24) is 25.3 Å². The summed E-state index contributed by atoms with van der Waals surface area (Å²) in [5.41, 5.74) is 3.53. The Morgan fingerprint density at radius 1 is 1.27 bits per heavy atom. The summed E-state index contributed by atoms with van der Waals surface area (Å²) in [5, 5.41) is 13.1. The normalized spacial score (nSPS) is 15.0. The zero-order valence-corrected chi connectivity index (χ0v) is 16.8. The molecule has 0 saturated carbocycles. The van der Waals surface area contributed by atoms with E-state index in [1.807, 2.05) is 23.9 Å². The van der Waals surface area contributed by atoms with E-state index in [1.54, 1.807) is 11.5 Å². The number of hydrogen-bond donors (Lipinski definition) is 3. The van der Waals surface area contributed by atoms with Crippen molar-refractivity contribution in [3.8, 4) is 0 Å². The maximum atomic E-state index is 14.0. The highest BCUT2D eigenvalue weighted by molar-refractivity contribution is 5.92. The van der Waals surface area contributed by atoms with Crippen LogP contribution in [-0.4, -0.2) is 45.3 Å². The summed E-state index contributed by atoms with van der Waals surface area (Å²) in [7, 11) is 1.87. The van der Waals surface area contributed by atoms with Crippen LogP contribution in [0, 0.1) is 11.7 Å². The number of rotatable bonds is 6. The van der Waals surface area contributed by atoms with Crippen LogP contribution in [0.3, 0.4) is 0 Å². The number of anilines is 1. The van der Waals surface area contributed by atoms with Gasteiger partial charge in [-0.2, -0.15) is 0 Å². The van der Waals surface area contributed by atoms with Crippen LogP contribution in [0.5, 0.6) is 0 Å². The molecule has 1 amide bonds. The number of piperidine rings is 1. The van der Waals surface area contributed by atoms with Crippen molar-refractivity contribution in [3.05, 3.63) is 53.7 Å². The molecule has 0 atom stereocenters. The highest BCUT2D eigenvalue weighted by Gasteiger charge is 2.21. The molecule has 3 N–H and O–H groups in total. The maximum Gasteiger partial charge on any atom is 0.277 e. The van der Waals surface area contributed by atoms with Crippen LogP contribution >= 0.6 is 0 Å². The third kappa shape index (κ3) is 4.12. The SMILES string of the molecule is Cn1cc(CNCC2CCN(c3ncc(C(=O)NO)cn3)CC2)c2cccc(F)c21. The van der Waals surface area contributed by atoms with E-state index in [-0.39, 0.29) is 11.4 Å². The number of hydroxylamine groups is 1. The molecule has 1 aliphatic heterocycles. The van der Waals surface area contributed by atoms with Crippen molar-refractivity contribution in [2.45, 2.75) is 19.4 Å². The number of hydrogen-bond acceptors (Lipinski definition) is 6. The fourth-order valence-electron chi connectivity index (χ4n) is 4.06. The first-order valence-electron chi connectivity index (χ1n) is 10.0. The van der Waals surface area contributed by atoms with Crippen LogP contribution in [0.4, 0.5) is 10.3 Å². The summed E-state index contributed by atoms with van der Waals surface area (Å²) >= 11 is 0. The van der Waals surface area contributed by atoms with Gasteiger partial charge >= 0.3 is 0 Å². The average Bonchev–Trinajstić information content (AvgIpc) is 3.10. The van der Waals surface area contributed by atoms with Crippen molar-refractivity contribution in [2.24, 2.45) is 13.0 Å². The van der Waals surface area contributed by atoms with Crippen LogP contribution in [-0.2, 0) is 13.6 Å². The molecule has 1 aliphatic rings. The Bertz CT molecular complexity index is 1030. The Hall–Kier alpha value is -3.04. The fourth-order valence-corrected chi connectivity index (χ4v) is 4.06. The van der Waals surface area contributed by atoms with Gasteiger partial charge in [-0.3, -0.25) is 10.0 Å². The predicted molar refractivity (Wildman–Crippen MR) is 111 cm³/mol. The van der Waals surface area contributed by atoms with E-state index in [2.05, 4.69) is 20.2 Å². The molecule has 2 aromatic heterocycles. The van der Waals surface area contributed by atoms with E-state index >= 15 is 0 Å². The van der Waals surface area contributed by atoms with Gasteiger partial charge in [0, 0.05) is 50.7 Å². The van der Waals surface area contributed by atoms with Gasteiger partial charge in [0.25, 0.3) is 5.91 Å². The van der Waals surface area contributed by atoms with Crippen molar-refractivity contribution in [2.75, 3.05) is 24.5 Å². The predicted octanol–water partition coefficient (Wildman–Crippen LogP) is 2.23. The summed E-state index contributed by atoms with van der Waals surface area (Å²) in [6.45, 7) is 3.29. The van der Waals surface area contributed by atoms with E-state index in [0.717, 1.165) is 43.4 Å². The van der Waals surface area contributed by atoms with Crippen LogP contribution in [0.15, 0.2) is 36.8 Å². The maximum absolute atomic E-state index is 14.0. The quantitative estimate of drug-likeness (QED) is 0.425. The van der Waals surface area contributed by atoms with Crippen LogP contribution in [0.1, 0.15) is 28.8 Å². The second-order valence-corrected chi connectivity index (χ2v) is 7.68. The second-order valence-electron chi connectivity index (χ2n) is 7.68. The first-order chi connectivity index (χ1) is 14.6. The van der Waals surface area contributed by atoms with E-state index in [4.69, 9.17) is 5.21 Å². The molecule has 3 heterocycles. The van der Waals surface area contributed by atoms with Gasteiger partial charge in [-0.1, -0.05) is 12.1 Å². The molecule has 3 aromatic rings. The molecule has 1 fully saturated rings. The number of fused-ring (bicyclic) bond motifs is 1. The Labute approximate surface area is 173 Å². The molecule has 9 heteroatoms. The third-order valence-electron chi connectivity index (χ3n) is 5.68. The number of nitrogens with zero attached hydrogens (tertiary/aromatic N) is 4. The molecule has 0 radical (unpaired) electrons. The zero-order valence-electron chi connectivity index (χ0n) is 16.8. The highest BCUT2D eigenvalue weighted by Crippen LogP contribution is 2.24. The molecule has 4 rings (SSSR count). The van der Waals surface area contributed by atoms with Crippen LogP contribution in [0.25, 0.3) is 10.9 Å². The lowest BCUT2D eigenvalue weighted by Gasteiger charge is -2.32. The first-order valence-corrected chi connectivity index (χ1v) is 10.0. The van der Waals surface area contributed by atoms with Gasteiger partial charge in [-0.05, 0) is 36.9 Å². The highest BCUT2D eigenvalue weighted by atomic mass is 19.1. The number of aromatic nitrogens is 3. The number of carbonyl (C=O) groups is 1. The Balaban J connectivity index is 1.28. The van der Waals surface area contributed by atoms with Crippen LogP contribution < -0.4 is 15.7 Å². The summed E-state index contributed by atoms with van der Waals surface area (Å²) < 4.78 is 15.9. The van der Waals surface area contributed by atoms with Gasteiger partial charge in [0.05, 0.1) is 11.1 Å². The van der Waals surface area contributed by atoms with Crippen molar-refractivity contribution < 1.29 is 14.4 Å². The summed E-state index contributed by atoms with van der Waals surface area (Å²) in [6.07, 6.45) is 6.84. The molecule has 0 unspecified atom stereocenters. The number of aryl methyl sites for hydroxylation is 1. The molecular weight excluding hydrogens is 387 g/mol. The molecule has 158 valence electrons. The minimum absolute atomic E-state index is 0.194. The minimum atomic E-state index is -0.625. The standard InChI is InChI=1S/C21H25FN6O2/c1-27-13-16(17-3-2-4-18(22)19(17)27)10-23-9-14-5-7-28(8-6-14)21-24-11-15(12-25-21)20(29)26-30/h2-4,11-14,23,30H,5-10H2,1H3,(H,26,29). The molecule has 1 saturated heterocycles. The summed E-state index contributed by atoms with van der Waals surface area (Å²) in [5.74, 6) is 0.321. The Kier molecular flexibility index (Phi) is 5.91. The average molecular weight is 412 g/mol. The van der Waals surface area contributed by atoms with Gasteiger partial charge in [-0.15, -0.1) is 0 Å². The Morgan fingerprint density at radius 2 is 2.00 bits per heavy atom. The number of benzene rings is 1. The summed E-state index contributed by atoms with van der Waals surface area (Å²) in [4.78, 5) is 21.9. The van der Waals surface area contributed by atoms with Gasteiger partial charge in [0.15, 0.2) is 0 Å². The fraction of sp³-hybridized carbons (Fsp3) is 0.381. The van der Waals surface area contributed by atoms with Gasteiger partial charge in [-0.25, -0.2) is 19.8 Å². The smallest absolute Gasteiger partial charge is 0.277 e. The number of carbonyl (C=O) groups excluding carboxylic acids is 1. The van der Waals surface area contributed by atoms with Crippen molar-refractivity contribution in [1.29, 1.82) is 0 Å². The number of amides is 1. The topological polar surface area (TPSA) is 95.3 Å². The van der Waals surface area contributed by atoms with Gasteiger partial charge < -0.3 is 14.8 Å². The molecule has 0 aliphatic carbocycles. The zero-order chi connectivity index (χ0) is 21.1. The first kappa shape index (κ1) is 20.2. The third-order valence-corrected chi connectivity index (χ3v) is 5.68. The molecule has 8 nitrogen and oxygen atoms in total. The molecule has 0 bridgehead atoms. The van der Waals surface area contributed by atoms with Crippen molar-refractivity contribution >= 4 is 22.8 Å². The molecule has 0 spiro atoms. The number of nitrogens with one attached hydrogen (secondary N) is 2. The molecular formula is C21H25FN6O2. The molecule has 30 heavy (non-hydrogen) atoms. The monoisotopic (exact) mass is 412 g/mol. The van der Waals surface area contributed by atoms with Gasteiger partial charge in [0.1, 0.15) is 5.82 Å². The van der Waals surface area contributed by atoms with E-state index in [1.165, 1.54) is 18.5 Å². The van der Waals surface area contributed by atoms with E-state index < -0.39 is 5.91 Å². The minimum Gasteiger partial charge on any atom is -0.348 e. The second kappa shape index (κ2) is 8.76. The summed E-state index contributed by atoms with van der Waals surface area (Å²) in [6, 6.07) is 5.21. The van der Waals surface area contributed by atoms with E-state index in [0.29, 0.717) is 23.9 Å². The van der Waals surface area contributed by atoms with E-state index in [9.17, 15) is 9.18 Å². The van der Waals surface area contributed by atoms with Crippen molar-refractivity contribution in [3.63, 3.8) is 0 Å². The Morgan fingerprint density at radius 3 is 2.70 bits per heavy atom. The lowest BCUT2D eigenvalue weighted by Crippen LogP contribution is -2.38. The lowest BCUT2D eigenvalue weighted by atomic mass is 9.97. The molecule has 1 aromatic carbocycles. The lowest BCUT2D eigenvalue weighted by molar-refractivity contribution is 0.0705. The number of halogens is 1. The number of para-hydroxylation sites is 1. The van der Waals surface area contributed by atoms with Crippen LogP contribution in [0.2, 0.25) is 0 Å². The largest absolute Gasteiger partial charge is 0.348 e. The van der Waals surface area contributed by atoms with Gasteiger partial charge in [0.2, 0.25) is 5.95 Å².